The zero-order valence-corrected chi connectivity index (χ0v) is 11.3. The molecule has 0 fully saturated rings. The third-order valence-corrected chi connectivity index (χ3v) is 3.42. The highest BCUT2D eigenvalue weighted by Crippen LogP contribution is 2.24. The van der Waals surface area contributed by atoms with E-state index in [1.54, 1.807) is 0 Å². The summed E-state index contributed by atoms with van der Waals surface area (Å²) in [7, 11) is 0. The van der Waals surface area contributed by atoms with Crippen LogP contribution in [0.4, 0.5) is 5.82 Å². The van der Waals surface area contributed by atoms with Gasteiger partial charge in [0.05, 0.1) is 5.56 Å². The fourth-order valence-corrected chi connectivity index (χ4v) is 2.41. The molecular weight excluding hydrogens is 222 g/mol. The van der Waals surface area contributed by atoms with Gasteiger partial charge in [-0.1, -0.05) is 13.8 Å². The number of rotatable bonds is 5. The van der Waals surface area contributed by atoms with Crippen molar-refractivity contribution in [2.24, 2.45) is 5.92 Å². The molecule has 0 saturated heterocycles. The molecule has 0 atom stereocenters. The molecule has 1 aliphatic rings. The third-order valence-electron chi connectivity index (χ3n) is 3.42. The molecule has 1 N–H and O–H groups in total. The van der Waals surface area contributed by atoms with Gasteiger partial charge in [-0.15, -0.1) is 0 Å². The molecule has 0 saturated carbocycles. The van der Waals surface area contributed by atoms with Gasteiger partial charge in [-0.05, 0) is 49.7 Å². The summed E-state index contributed by atoms with van der Waals surface area (Å²) < 4.78 is 0. The van der Waals surface area contributed by atoms with Crippen LogP contribution in [0.3, 0.4) is 0 Å². The summed E-state index contributed by atoms with van der Waals surface area (Å²) in [6.45, 7) is 5.36. The Hall–Kier alpha value is -1.56. The van der Waals surface area contributed by atoms with Crippen LogP contribution < -0.4 is 5.32 Å². The molecule has 96 valence electrons. The Balaban J connectivity index is 2.01. The van der Waals surface area contributed by atoms with Gasteiger partial charge in [-0.25, -0.2) is 4.98 Å². The van der Waals surface area contributed by atoms with Crippen molar-refractivity contribution in [3.63, 3.8) is 0 Å². The molecule has 1 aliphatic carbocycles. The number of fused-ring (bicyclic) bond motifs is 1. The first-order valence-corrected chi connectivity index (χ1v) is 6.87. The Bertz CT molecular complexity index is 458. The van der Waals surface area contributed by atoms with E-state index in [0.717, 1.165) is 37.5 Å². The van der Waals surface area contributed by atoms with Gasteiger partial charge in [-0.3, -0.25) is 0 Å². The minimum absolute atomic E-state index is 0.695. The number of nitrogens with one attached hydrogen (secondary N) is 1. The lowest BCUT2D eigenvalue weighted by molar-refractivity contribution is 0.566. The van der Waals surface area contributed by atoms with E-state index in [9.17, 15) is 0 Å². The van der Waals surface area contributed by atoms with Gasteiger partial charge in [-0.2, -0.15) is 5.26 Å². The van der Waals surface area contributed by atoms with Crippen LogP contribution in [0, 0.1) is 17.2 Å². The van der Waals surface area contributed by atoms with E-state index in [0.29, 0.717) is 5.56 Å². The highest BCUT2D eigenvalue weighted by molar-refractivity contribution is 5.55. The monoisotopic (exact) mass is 243 g/mol. The molecule has 0 radical (unpaired) electrons. The Morgan fingerprint density at radius 2 is 2.28 bits per heavy atom. The Labute approximate surface area is 109 Å². The van der Waals surface area contributed by atoms with Crippen LogP contribution in [0.1, 0.15) is 49.9 Å². The first-order valence-electron chi connectivity index (χ1n) is 6.87. The van der Waals surface area contributed by atoms with Crippen LogP contribution in [0.2, 0.25) is 0 Å². The maximum atomic E-state index is 9.16. The fraction of sp³-hybridized carbons (Fsp3) is 0.600. The molecule has 1 aromatic rings. The first kappa shape index (κ1) is 12.9. The summed E-state index contributed by atoms with van der Waals surface area (Å²) in [6.07, 6.45) is 5.64. The van der Waals surface area contributed by atoms with E-state index in [4.69, 9.17) is 5.26 Å². The summed E-state index contributed by atoms with van der Waals surface area (Å²) in [5.74, 6) is 1.51. The normalized spacial score (nSPS) is 13.4. The zero-order valence-electron chi connectivity index (χ0n) is 11.3. The second-order valence-electron chi connectivity index (χ2n) is 5.42. The van der Waals surface area contributed by atoms with E-state index in [1.807, 2.05) is 6.07 Å². The van der Waals surface area contributed by atoms with Crippen molar-refractivity contribution in [1.29, 1.82) is 5.26 Å². The van der Waals surface area contributed by atoms with Crippen molar-refractivity contribution in [3.8, 4) is 6.07 Å². The molecule has 1 aromatic heterocycles. The van der Waals surface area contributed by atoms with Crippen molar-refractivity contribution < 1.29 is 0 Å². The van der Waals surface area contributed by atoms with Crippen molar-refractivity contribution in [2.75, 3.05) is 11.9 Å². The molecule has 3 nitrogen and oxygen atoms in total. The lowest BCUT2D eigenvalue weighted by Gasteiger charge is -2.10. The van der Waals surface area contributed by atoms with Crippen molar-refractivity contribution >= 4 is 5.82 Å². The minimum atomic E-state index is 0.695. The van der Waals surface area contributed by atoms with E-state index < -0.39 is 0 Å². The van der Waals surface area contributed by atoms with Crippen molar-refractivity contribution in [1.82, 2.24) is 4.98 Å². The van der Waals surface area contributed by atoms with Crippen LogP contribution >= 0.6 is 0 Å². The topological polar surface area (TPSA) is 48.7 Å². The Morgan fingerprint density at radius 1 is 1.44 bits per heavy atom. The average Bonchev–Trinajstić information content (AvgIpc) is 2.80. The molecule has 3 heteroatoms. The van der Waals surface area contributed by atoms with E-state index in [-0.39, 0.29) is 0 Å². The number of pyridine rings is 1. The zero-order chi connectivity index (χ0) is 13.0. The van der Waals surface area contributed by atoms with E-state index >= 15 is 0 Å². The smallest absolute Gasteiger partial charge is 0.144 e. The molecule has 0 aliphatic heterocycles. The minimum Gasteiger partial charge on any atom is -0.369 e. The second-order valence-corrected chi connectivity index (χ2v) is 5.42. The fourth-order valence-electron chi connectivity index (χ4n) is 2.41. The summed E-state index contributed by atoms with van der Waals surface area (Å²) in [6, 6.07) is 4.26. The first-order chi connectivity index (χ1) is 8.70. The average molecular weight is 243 g/mol. The summed E-state index contributed by atoms with van der Waals surface area (Å²) in [5.41, 5.74) is 3.14. The number of aromatic nitrogens is 1. The van der Waals surface area contributed by atoms with Gasteiger partial charge >= 0.3 is 0 Å². The molecule has 1 heterocycles. The third kappa shape index (κ3) is 3.01. The van der Waals surface area contributed by atoms with Crippen LogP contribution in [-0.4, -0.2) is 11.5 Å². The molecule has 0 spiro atoms. The number of nitriles is 1. The van der Waals surface area contributed by atoms with Crippen LogP contribution in [-0.2, 0) is 12.8 Å². The summed E-state index contributed by atoms with van der Waals surface area (Å²) in [4.78, 5) is 4.61. The standard InChI is InChI=1S/C15H21N3/c1-11(2)5-4-8-17-15-13(10-16)9-12-6-3-7-14(12)18-15/h9,11H,3-8H2,1-2H3,(H,17,18). The van der Waals surface area contributed by atoms with Crippen LogP contribution in [0.15, 0.2) is 6.07 Å². The highest BCUT2D eigenvalue weighted by Gasteiger charge is 2.16. The maximum absolute atomic E-state index is 9.16. The molecule has 0 bridgehead atoms. The number of hydrogen-bond donors (Lipinski definition) is 1. The van der Waals surface area contributed by atoms with E-state index in [2.05, 4.69) is 30.2 Å². The molecule has 0 unspecified atom stereocenters. The molecular formula is C15H21N3. The van der Waals surface area contributed by atoms with Crippen molar-refractivity contribution in [3.05, 3.63) is 22.9 Å². The number of hydrogen-bond acceptors (Lipinski definition) is 3. The van der Waals surface area contributed by atoms with Gasteiger partial charge in [0.15, 0.2) is 0 Å². The molecule has 2 rings (SSSR count). The highest BCUT2D eigenvalue weighted by atomic mass is 15.0. The van der Waals surface area contributed by atoms with Crippen LogP contribution in [0.5, 0.6) is 0 Å². The molecule has 18 heavy (non-hydrogen) atoms. The maximum Gasteiger partial charge on any atom is 0.144 e. The SMILES string of the molecule is CC(C)CCCNc1nc2c(cc1C#N)CCC2. The summed E-state index contributed by atoms with van der Waals surface area (Å²) >= 11 is 0. The quantitative estimate of drug-likeness (QED) is 0.807. The van der Waals surface area contributed by atoms with Gasteiger partial charge in [0.2, 0.25) is 0 Å². The Kier molecular flexibility index (Phi) is 4.19. The molecule has 0 amide bonds. The van der Waals surface area contributed by atoms with Gasteiger partial charge in [0, 0.05) is 12.2 Å². The second kappa shape index (κ2) is 5.86. The van der Waals surface area contributed by atoms with Gasteiger partial charge in [0.1, 0.15) is 11.9 Å². The Morgan fingerprint density at radius 3 is 3.00 bits per heavy atom. The van der Waals surface area contributed by atoms with Crippen LogP contribution in [0.25, 0.3) is 0 Å². The number of anilines is 1. The number of nitrogens with zero attached hydrogens (tertiary/aromatic N) is 2. The van der Waals surface area contributed by atoms with E-state index in [1.165, 1.54) is 24.1 Å². The lowest BCUT2D eigenvalue weighted by Crippen LogP contribution is -2.08. The summed E-state index contributed by atoms with van der Waals surface area (Å²) in [5, 5.41) is 12.5. The predicted octanol–water partition coefficient (Wildman–Crippen LogP) is 3.29. The largest absolute Gasteiger partial charge is 0.369 e. The lowest BCUT2D eigenvalue weighted by atomic mass is 10.1. The molecule has 0 aromatic carbocycles. The number of aryl methyl sites for hydroxylation is 2. The van der Waals surface area contributed by atoms with Crippen molar-refractivity contribution in [2.45, 2.75) is 46.0 Å². The van der Waals surface area contributed by atoms with Gasteiger partial charge < -0.3 is 5.32 Å². The van der Waals surface area contributed by atoms with Gasteiger partial charge in [0.25, 0.3) is 0 Å². The predicted molar refractivity (Wildman–Crippen MR) is 73.5 cm³/mol.